The molecule has 0 saturated heterocycles. The van der Waals surface area contributed by atoms with Gasteiger partial charge in [0.2, 0.25) is 0 Å². The van der Waals surface area contributed by atoms with Crippen LogP contribution in [0.3, 0.4) is 0 Å². The van der Waals surface area contributed by atoms with E-state index in [1.165, 1.54) is 6.07 Å². The molecule has 0 saturated carbocycles. The molecule has 1 heterocycles. The maximum absolute atomic E-state index is 13.7. The Bertz CT molecular complexity index is 812. The first-order chi connectivity index (χ1) is 9.67. The van der Waals surface area contributed by atoms with Crippen LogP contribution in [0.25, 0.3) is 11.0 Å². The van der Waals surface area contributed by atoms with Crippen LogP contribution in [0.4, 0.5) is 4.39 Å². The summed E-state index contributed by atoms with van der Waals surface area (Å²) < 4.78 is 13.7. The number of rotatable bonds is 2. The Morgan fingerprint density at radius 3 is 2.90 bits per heavy atom. The van der Waals surface area contributed by atoms with E-state index in [-0.39, 0.29) is 12.2 Å². The smallest absolute Gasteiger partial charge is 0.128 e. The van der Waals surface area contributed by atoms with Gasteiger partial charge in [0.05, 0.1) is 22.7 Å². The van der Waals surface area contributed by atoms with Crippen molar-refractivity contribution in [3.05, 3.63) is 64.2 Å². The van der Waals surface area contributed by atoms with Crippen LogP contribution in [0.15, 0.2) is 36.4 Å². The molecule has 0 unspecified atom stereocenters. The Hall–Kier alpha value is -2.38. The van der Waals surface area contributed by atoms with Crippen molar-refractivity contribution in [2.75, 3.05) is 0 Å². The fourth-order valence-corrected chi connectivity index (χ4v) is 2.31. The van der Waals surface area contributed by atoms with Crippen LogP contribution in [-0.4, -0.2) is 9.97 Å². The van der Waals surface area contributed by atoms with Crippen molar-refractivity contribution in [1.82, 2.24) is 9.97 Å². The molecule has 1 aromatic heterocycles. The van der Waals surface area contributed by atoms with E-state index in [1.54, 1.807) is 30.3 Å². The molecule has 1 N–H and O–H groups in total. The molecule has 2 aromatic carbocycles. The number of nitriles is 1. The fourth-order valence-electron chi connectivity index (χ4n) is 2.08. The van der Waals surface area contributed by atoms with E-state index in [9.17, 15) is 4.39 Å². The number of aromatic amines is 1. The third kappa shape index (κ3) is 2.24. The zero-order valence-corrected chi connectivity index (χ0v) is 11.1. The third-order valence-corrected chi connectivity index (χ3v) is 3.42. The fraction of sp³-hybridized carbons (Fsp3) is 0.0667. The minimum Gasteiger partial charge on any atom is -0.342 e. The standard InChI is InChI=1S/C15H9ClFN3/c16-11-2-1-3-12(17)10(11)7-15-19-13-5-4-9(8-18)6-14(13)20-15/h1-6H,7H2,(H,19,20). The average Bonchev–Trinajstić information content (AvgIpc) is 2.84. The van der Waals surface area contributed by atoms with E-state index >= 15 is 0 Å². The van der Waals surface area contributed by atoms with Gasteiger partial charge in [0.1, 0.15) is 11.6 Å². The van der Waals surface area contributed by atoms with Crippen LogP contribution in [0, 0.1) is 17.1 Å². The van der Waals surface area contributed by atoms with Crippen LogP contribution in [0.2, 0.25) is 5.02 Å². The van der Waals surface area contributed by atoms with E-state index in [2.05, 4.69) is 16.0 Å². The minimum atomic E-state index is -0.351. The number of aromatic nitrogens is 2. The summed E-state index contributed by atoms with van der Waals surface area (Å²) in [6.07, 6.45) is 0.280. The van der Waals surface area contributed by atoms with Crippen molar-refractivity contribution in [3.63, 3.8) is 0 Å². The van der Waals surface area contributed by atoms with E-state index in [1.807, 2.05) is 0 Å². The Morgan fingerprint density at radius 2 is 2.15 bits per heavy atom. The average molecular weight is 286 g/mol. The maximum Gasteiger partial charge on any atom is 0.128 e. The highest BCUT2D eigenvalue weighted by molar-refractivity contribution is 6.31. The van der Waals surface area contributed by atoms with Gasteiger partial charge in [-0.2, -0.15) is 5.26 Å². The number of hydrogen-bond acceptors (Lipinski definition) is 2. The zero-order chi connectivity index (χ0) is 14.1. The Morgan fingerprint density at radius 1 is 1.30 bits per heavy atom. The molecule has 0 aliphatic carbocycles. The second-order valence-corrected chi connectivity index (χ2v) is 4.81. The van der Waals surface area contributed by atoms with Crippen LogP contribution in [-0.2, 0) is 6.42 Å². The molecule has 0 bridgehead atoms. The van der Waals surface area contributed by atoms with Gasteiger partial charge >= 0.3 is 0 Å². The summed E-state index contributed by atoms with van der Waals surface area (Å²) in [5.74, 6) is 0.262. The first kappa shape index (κ1) is 12.6. The lowest BCUT2D eigenvalue weighted by atomic mass is 10.1. The highest BCUT2D eigenvalue weighted by Gasteiger charge is 2.11. The molecule has 5 heteroatoms. The number of halogens is 2. The summed E-state index contributed by atoms with van der Waals surface area (Å²) in [7, 11) is 0. The minimum absolute atomic E-state index is 0.280. The molecule has 3 nitrogen and oxygen atoms in total. The molecule has 3 rings (SSSR count). The quantitative estimate of drug-likeness (QED) is 0.778. The SMILES string of the molecule is N#Cc1ccc2nc(Cc3c(F)cccc3Cl)[nH]c2c1. The number of hydrogen-bond donors (Lipinski definition) is 1. The number of H-pyrrole nitrogens is 1. The largest absolute Gasteiger partial charge is 0.342 e. The topological polar surface area (TPSA) is 52.5 Å². The van der Waals surface area contributed by atoms with Crippen LogP contribution in [0.1, 0.15) is 17.0 Å². The number of imidazole rings is 1. The Labute approximate surface area is 119 Å². The van der Waals surface area contributed by atoms with Gasteiger partial charge in [-0.15, -0.1) is 0 Å². The van der Waals surface area contributed by atoms with Crippen molar-refractivity contribution < 1.29 is 4.39 Å². The van der Waals surface area contributed by atoms with Crippen molar-refractivity contribution in [1.29, 1.82) is 5.26 Å². The molecular weight excluding hydrogens is 277 g/mol. The number of nitrogens with zero attached hydrogens (tertiary/aromatic N) is 2. The molecule has 0 aliphatic rings. The molecule has 0 amide bonds. The Kier molecular flexibility index (Phi) is 3.13. The van der Waals surface area contributed by atoms with Gasteiger partial charge in [0.15, 0.2) is 0 Å². The molecule has 0 aliphatic heterocycles. The molecular formula is C15H9ClFN3. The molecule has 0 spiro atoms. The van der Waals surface area contributed by atoms with Crippen LogP contribution in [0.5, 0.6) is 0 Å². The van der Waals surface area contributed by atoms with Crippen molar-refractivity contribution in [2.45, 2.75) is 6.42 Å². The summed E-state index contributed by atoms with van der Waals surface area (Å²) in [6, 6.07) is 11.8. The lowest BCUT2D eigenvalue weighted by Gasteiger charge is -2.03. The van der Waals surface area contributed by atoms with Gasteiger partial charge < -0.3 is 4.98 Å². The van der Waals surface area contributed by atoms with Gasteiger partial charge in [0.25, 0.3) is 0 Å². The van der Waals surface area contributed by atoms with Crippen molar-refractivity contribution in [2.24, 2.45) is 0 Å². The van der Waals surface area contributed by atoms with Gasteiger partial charge in [-0.1, -0.05) is 17.7 Å². The Balaban J connectivity index is 2.01. The first-order valence-electron chi connectivity index (χ1n) is 5.99. The lowest BCUT2D eigenvalue weighted by molar-refractivity contribution is 0.612. The molecule has 0 radical (unpaired) electrons. The predicted octanol–water partition coefficient (Wildman–Crippen LogP) is 3.82. The van der Waals surface area contributed by atoms with Crippen LogP contribution >= 0.6 is 11.6 Å². The normalized spacial score (nSPS) is 10.7. The second kappa shape index (κ2) is 4.95. The molecule has 20 heavy (non-hydrogen) atoms. The summed E-state index contributed by atoms with van der Waals surface area (Å²) in [4.78, 5) is 7.46. The summed E-state index contributed by atoms with van der Waals surface area (Å²) in [5, 5.41) is 9.24. The highest BCUT2D eigenvalue weighted by Crippen LogP contribution is 2.22. The third-order valence-electron chi connectivity index (χ3n) is 3.07. The second-order valence-electron chi connectivity index (χ2n) is 4.40. The van der Waals surface area contributed by atoms with Gasteiger partial charge in [-0.3, -0.25) is 0 Å². The highest BCUT2D eigenvalue weighted by atomic mass is 35.5. The van der Waals surface area contributed by atoms with Crippen molar-refractivity contribution in [3.8, 4) is 6.07 Å². The number of benzene rings is 2. The van der Waals surface area contributed by atoms with E-state index in [0.29, 0.717) is 22.0 Å². The van der Waals surface area contributed by atoms with E-state index < -0.39 is 0 Å². The maximum atomic E-state index is 13.7. The summed E-state index contributed by atoms with van der Waals surface area (Å²) >= 11 is 6.00. The first-order valence-corrected chi connectivity index (χ1v) is 6.37. The molecule has 98 valence electrons. The van der Waals surface area contributed by atoms with Gasteiger partial charge in [0, 0.05) is 17.0 Å². The van der Waals surface area contributed by atoms with Crippen molar-refractivity contribution >= 4 is 22.6 Å². The lowest BCUT2D eigenvalue weighted by Crippen LogP contribution is -1.95. The van der Waals surface area contributed by atoms with Gasteiger partial charge in [-0.05, 0) is 30.3 Å². The number of fused-ring (bicyclic) bond motifs is 1. The molecule has 0 atom stereocenters. The summed E-state index contributed by atoms with van der Waals surface area (Å²) in [6.45, 7) is 0. The molecule has 0 fully saturated rings. The predicted molar refractivity (Wildman–Crippen MR) is 75.0 cm³/mol. The monoisotopic (exact) mass is 285 g/mol. The zero-order valence-electron chi connectivity index (χ0n) is 10.3. The van der Waals surface area contributed by atoms with Crippen LogP contribution < -0.4 is 0 Å². The summed E-state index contributed by atoms with van der Waals surface area (Å²) in [5.41, 5.74) is 2.46. The van der Waals surface area contributed by atoms with Gasteiger partial charge in [-0.25, -0.2) is 9.37 Å². The van der Waals surface area contributed by atoms with E-state index in [4.69, 9.17) is 16.9 Å². The van der Waals surface area contributed by atoms with E-state index in [0.717, 1.165) is 11.0 Å². The number of nitrogens with one attached hydrogen (secondary N) is 1. The molecule has 3 aromatic rings.